The molecule has 1 amide bonds. The normalized spacial score (nSPS) is 24.2. The molecule has 2 aliphatic carbocycles. The van der Waals surface area contributed by atoms with Gasteiger partial charge in [0.25, 0.3) is 0 Å². The molecule has 314 valence electrons. The van der Waals surface area contributed by atoms with Crippen molar-refractivity contribution >= 4 is 23.4 Å². The van der Waals surface area contributed by atoms with E-state index >= 15 is 0 Å². The highest BCUT2D eigenvalue weighted by Crippen LogP contribution is 2.62. The molecule has 3 N–H and O–H groups in total. The number of rotatable bonds is 23. The van der Waals surface area contributed by atoms with Crippen LogP contribution in [0.15, 0.2) is 65.9 Å². The van der Waals surface area contributed by atoms with Gasteiger partial charge in [-0.05, 0) is 105 Å². The Morgan fingerprint density at radius 1 is 1.00 bits per heavy atom. The summed E-state index contributed by atoms with van der Waals surface area (Å²) in [4.78, 5) is 21.5. The Hall–Kier alpha value is -3.65. The number of amides is 1. The van der Waals surface area contributed by atoms with Crippen LogP contribution >= 0.6 is 11.6 Å². The fourth-order valence-corrected chi connectivity index (χ4v) is 8.76. The van der Waals surface area contributed by atoms with Crippen molar-refractivity contribution < 1.29 is 48.6 Å². The maximum atomic E-state index is 14.1. The lowest BCUT2D eigenvalue weighted by molar-refractivity contribution is -0.256. The second-order valence-corrected chi connectivity index (χ2v) is 15.2. The van der Waals surface area contributed by atoms with Gasteiger partial charge in [-0.2, -0.15) is 0 Å². The Bertz CT molecular complexity index is 1690. The molecule has 0 unspecified atom stereocenters. The topological polar surface area (TPSA) is 149 Å². The number of allylic oxidation sites excluding steroid dienone is 1. The summed E-state index contributed by atoms with van der Waals surface area (Å²) >= 11 is 6.00. The van der Waals surface area contributed by atoms with Crippen LogP contribution in [0.2, 0.25) is 0 Å². The molecule has 57 heavy (non-hydrogen) atoms. The molecular formula is C44H61ClN2O10. The first-order valence-corrected chi connectivity index (χ1v) is 20.9. The molecule has 1 heterocycles. The number of hydrogen-bond acceptors (Lipinski definition) is 11. The summed E-state index contributed by atoms with van der Waals surface area (Å²) in [6.07, 6.45) is 8.15. The Balaban J connectivity index is 1.76. The molecule has 13 heteroatoms. The van der Waals surface area contributed by atoms with E-state index in [-0.39, 0.29) is 82.8 Å². The largest absolute Gasteiger partial charge is 0.459 e. The van der Waals surface area contributed by atoms with Gasteiger partial charge in [0, 0.05) is 37.7 Å². The lowest BCUT2D eigenvalue weighted by Crippen LogP contribution is -2.70. The number of hydrogen-bond donors (Lipinski definition) is 3. The highest BCUT2D eigenvalue weighted by molar-refractivity contribution is 6.18. The summed E-state index contributed by atoms with van der Waals surface area (Å²) in [7, 11) is 0. The molecule has 5 rings (SSSR count). The summed E-state index contributed by atoms with van der Waals surface area (Å²) in [5.41, 5.74) is 4.85. The van der Waals surface area contributed by atoms with E-state index in [0.29, 0.717) is 36.7 Å². The molecule has 0 saturated heterocycles. The molecule has 6 atom stereocenters. The van der Waals surface area contributed by atoms with Crippen molar-refractivity contribution in [2.75, 3.05) is 65.3 Å². The van der Waals surface area contributed by atoms with Gasteiger partial charge in [-0.1, -0.05) is 36.2 Å². The van der Waals surface area contributed by atoms with E-state index in [1.807, 2.05) is 37.3 Å². The molecule has 0 spiro atoms. The van der Waals surface area contributed by atoms with Crippen molar-refractivity contribution in [1.29, 1.82) is 0 Å². The van der Waals surface area contributed by atoms with Crippen LogP contribution in [0, 0.1) is 31.6 Å². The number of alkyl halides is 1. The van der Waals surface area contributed by atoms with Crippen LogP contribution in [0.1, 0.15) is 74.5 Å². The van der Waals surface area contributed by atoms with Crippen molar-refractivity contribution in [3.05, 3.63) is 77.4 Å². The SMILES string of the molecule is C=CCO[C@@]12Oc3ccc(Oc4ccc(C)c(C)c4)cc3[C@H]3[C@H](CCCCO)[C@@H](CCCCO)C=C(C(=NOCC)C[C@@H]1N(CCOCCO)C(=O)OCCCl)[C@H]32. The average Bonchev–Trinajstić information content (AvgIpc) is 3.21. The predicted octanol–water partition coefficient (Wildman–Crippen LogP) is 7.44. The van der Waals surface area contributed by atoms with Crippen molar-refractivity contribution in [1.82, 2.24) is 4.90 Å². The smallest absolute Gasteiger partial charge is 0.410 e. The molecule has 2 aromatic carbocycles. The number of aliphatic hydroxyl groups is 3. The van der Waals surface area contributed by atoms with Gasteiger partial charge < -0.3 is 43.8 Å². The number of fused-ring (bicyclic) bond motifs is 2. The van der Waals surface area contributed by atoms with Crippen LogP contribution in [-0.4, -0.2) is 109 Å². The van der Waals surface area contributed by atoms with Crippen molar-refractivity contribution in [3.8, 4) is 17.2 Å². The van der Waals surface area contributed by atoms with Gasteiger partial charge in [0.15, 0.2) is 0 Å². The zero-order valence-electron chi connectivity index (χ0n) is 33.7. The highest BCUT2D eigenvalue weighted by Gasteiger charge is 2.65. The first kappa shape index (κ1) is 44.5. The van der Waals surface area contributed by atoms with Gasteiger partial charge in [0.1, 0.15) is 36.5 Å². The van der Waals surface area contributed by atoms with Gasteiger partial charge in [-0.15, -0.1) is 18.2 Å². The third-order valence-corrected chi connectivity index (χ3v) is 11.4. The van der Waals surface area contributed by atoms with E-state index in [1.165, 1.54) is 5.56 Å². The van der Waals surface area contributed by atoms with Crippen LogP contribution < -0.4 is 9.47 Å². The lowest BCUT2D eigenvalue weighted by Gasteiger charge is -2.59. The van der Waals surface area contributed by atoms with E-state index in [4.69, 9.17) is 45.3 Å². The predicted molar refractivity (Wildman–Crippen MR) is 219 cm³/mol. The summed E-state index contributed by atoms with van der Waals surface area (Å²) in [5.74, 6) is 0.0631. The van der Waals surface area contributed by atoms with Crippen LogP contribution in [0.4, 0.5) is 4.79 Å². The Kier molecular flexibility index (Phi) is 17.1. The second-order valence-electron chi connectivity index (χ2n) is 14.9. The number of carbonyl (C=O) groups excluding carboxylic acids is 1. The Morgan fingerprint density at radius 2 is 1.75 bits per heavy atom. The number of unbranched alkanes of at least 4 members (excludes halogenated alkanes) is 2. The van der Waals surface area contributed by atoms with Crippen LogP contribution in [-0.2, 0) is 19.0 Å². The number of oxime groups is 1. The maximum absolute atomic E-state index is 14.1. The number of aliphatic hydroxyl groups excluding tert-OH is 3. The minimum Gasteiger partial charge on any atom is -0.459 e. The molecule has 0 radical (unpaired) electrons. The summed E-state index contributed by atoms with van der Waals surface area (Å²) < 4.78 is 32.1. The second kappa shape index (κ2) is 21.9. The number of ether oxygens (including phenoxy) is 5. The van der Waals surface area contributed by atoms with Crippen molar-refractivity contribution in [3.63, 3.8) is 0 Å². The van der Waals surface area contributed by atoms with Crippen LogP contribution in [0.25, 0.3) is 0 Å². The first-order chi connectivity index (χ1) is 27.8. The molecule has 1 fully saturated rings. The Labute approximate surface area is 342 Å². The van der Waals surface area contributed by atoms with Crippen LogP contribution in [0.5, 0.6) is 17.2 Å². The molecule has 0 aromatic heterocycles. The average molecular weight is 813 g/mol. The minimum atomic E-state index is -1.46. The monoisotopic (exact) mass is 812 g/mol. The number of nitrogens with zero attached hydrogens (tertiary/aromatic N) is 2. The van der Waals surface area contributed by atoms with E-state index in [0.717, 1.165) is 48.1 Å². The molecule has 0 bridgehead atoms. The number of carbonyl (C=O) groups is 1. The molecule has 1 aliphatic heterocycles. The van der Waals surface area contributed by atoms with E-state index in [2.05, 4.69) is 32.6 Å². The fourth-order valence-electron chi connectivity index (χ4n) is 8.68. The molecule has 3 aliphatic rings. The zero-order chi connectivity index (χ0) is 40.8. The fraction of sp³-hybridized carbons (Fsp3) is 0.591. The minimum absolute atomic E-state index is 0.00581. The van der Waals surface area contributed by atoms with Gasteiger partial charge >= 0.3 is 6.09 Å². The zero-order valence-corrected chi connectivity index (χ0v) is 34.5. The van der Waals surface area contributed by atoms with Crippen LogP contribution in [0.3, 0.4) is 0 Å². The highest BCUT2D eigenvalue weighted by atomic mass is 35.5. The number of aryl methyl sites for hydroxylation is 2. The third kappa shape index (κ3) is 10.5. The van der Waals surface area contributed by atoms with E-state index in [1.54, 1.807) is 11.0 Å². The van der Waals surface area contributed by atoms with Gasteiger partial charge in [-0.3, -0.25) is 4.90 Å². The summed E-state index contributed by atoms with van der Waals surface area (Å²) in [6, 6.07) is 11.1. The Morgan fingerprint density at radius 3 is 2.46 bits per heavy atom. The maximum Gasteiger partial charge on any atom is 0.410 e. The van der Waals surface area contributed by atoms with E-state index in [9.17, 15) is 20.1 Å². The number of halogens is 1. The summed E-state index contributed by atoms with van der Waals surface area (Å²) in [6.45, 7) is 10.8. The quantitative estimate of drug-likeness (QED) is 0.0448. The molecule has 12 nitrogen and oxygen atoms in total. The standard InChI is InChI=1S/C44H61ClN2O10/c1-5-22-54-44-40(47(18-24-52-25-21-50)43(51)53-23-17-45)29-38(46-55-6-2)36-27-32(11-7-9-19-48)35(12-8-10-20-49)41(42(36)44)37-28-34(15-16-39(37)57-44)56-33-14-13-30(3)31(4)26-33/h5,13-16,26-28,32,35,40-42,48-50H,1,6-12,17-25,29H2,2-4H3/t32-,35+,40-,41+,42+,44+/m0/s1. The first-order valence-electron chi connectivity index (χ1n) is 20.4. The molecular weight excluding hydrogens is 752 g/mol. The third-order valence-electron chi connectivity index (χ3n) is 11.3. The van der Waals surface area contributed by atoms with Crippen molar-refractivity contribution in [2.45, 2.75) is 83.5 Å². The summed E-state index contributed by atoms with van der Waals surface area (Å²) in [5, 5.41) is 33.9. The van der Waals surface area contributed by atoms with Gasteiger partial charge in [0.2, 0.25) is 5.79 Å². The lowest BCUT2D eigenvalue weighted by atomic mass is 9.55. The molecule has 2 aromatic rings. The van der Waals surface area contributed by atoms with Crippen molar-refractivity contribution in [2.24, 2.45) is 22.9 Å². The van der Waals surface area contributed by atoms with Gasteiger partial charge in [-0.25, -0.2) is 4.79 Å². The van der Waals surface area contributed by atoms with Gasteiger partial charge in [0.05, 0.1) is 43.9 Å². The number of benzene rings is 2. The molecule has 1 saturated carbocycles. The van der Waals surface area contributed by atoms with E-state index < -0.39 is 23.8 Å².